The van der Waals surface area contributed by atoms with E-state index in [1.165, 1.54) is 64.2 Å². The standard InChI is InChI=1S/C18H33NO2/c1-2-3-14-21-18(20)19-17(15-10-6-4-7-11-15)16-12-8-5-9-13-16/h15-17H,2-14H2,1H3,(H,19,20). The van der Waals surface area contributed by atoms with Gasteiger partial charge in [0.15, 0.2) is 0 Å². The van der Waals surface area contributed by atoms with E-state index >= 15 is 0 Å². The van der Waals surface area contributed by atoms with Crippen molar-refractivity contribution in [3.63, 3.8) is 0 Å². The molecule has 2 aliphatic carbocycles. The third-order valence-corrected chi connectivity index (χ3v) is 5.33. The first-order valence-electron chi connectivity index (χ1n) is 9.24. The lowest BCUT2D eigenvalue weighted by atomic mass is 9.74. The van der Waals surface area contributed by atoms with Crippen molar-refractivity contribution >= 4 is 6.09 Å². The average Bonchev–Trinajstić information content (AvgIpc) is 2.54. The molecule has 2 rings (SSSR count). The fraction of sp³-hybridized carbons (Fsp3) is 0.944. The van der Waals surface area contributed by atoms with Crippen molar-refractivity contribution < 1.29 is 9.53 Å². The normalized spacial score (nSPS) is 21.4. The van der Waals surface area contributed by atoms with Crippen molar-refractivity contribution in [2.75, 3.05) is 6.61 Å². The second-order valence-electron chi connectivity index (χ2n) is 6.96. The van der Waals surface area contributed by atoms with Crippen molar-refractivity contribution in [1.82, 2.24) is 5.32 Å². The second kappa shape index (κ2) is 9.32. The highest BCUT2D eigenvalue weighted by atomic mass is 16.5. The maximum absolute atomic E-state index is 12.1. The molecule has 122 valence electrons. The number of carbonyl (C=O) groups is 1. The van der Waals surface area contributed by atoms with E-state index in [2.05, 4.69) is 12.2 Å². The number of alkyl carbamates (subject to hydrolysis) is 1. The Balaban J connectivity index is 1.88. The minimum atomic E-state index is -0.176. The molecule has 0 bridgehead atoms. The molecular formula is C18H33NO2. The number of unbranched alkanes of at least 4 members (excludes halogenated alkanes) is 1. The van der Waals surface area contributed by atoms with Crippen LogP contribution in [0.15, 0.2) is 0 Å². The molecule has 0 atom stereocenters. The fourth-order valence-electron chi connectivity index (χ4n) is 4.09. The van der Waals surface area contributed by atoms with E-state index in [-0.39, 0.29) is 6.09 Å². The van der Waals surface area contributed by atoms with Crippen molar-refractivity contribution in [2.24, 2.45) is 11.8 Å². The van der Waals surface area contributed by atoms with Crippen LogP contribution in [0.1, 0.15) is 84.0 Å². The molecule has 3 nitrogen and oxygen atoms in total. The van der Waals surface area contributed by atoms with Gasteiger partial charge in [0, 0.05) is 6.04 Å². The summed E-state index contributed by atoms with van der Waals surface area (Å²) < 4.78 is 5.34. The third kappa shape index (κ3) is 5.52. The molecule has 1 amide bonds. The summed E-state index contributed by atoms with van der Waals surface area (Å²) >= 11 is 0. The number of rotatable bonds is 6. The number of amides is 1. The van der Waals surface area contributed by atoms with Gasteiger partial charge in [0.2, 0.25) is 0 Å². The largest absolute Gasteiger partial charge is 0.450 e. The van der Waals surface area contributed by atoms with Gasteiger partial charge < -0.3 is 10.1 Å². The predicted molar refractivity (Wildman–Crippen MR) is 86.3 cm³/mol. The summed E-state index contributed by atoms with van der Waals surface area (Å²) in [6.45, 7) is 2.68. The van der Waals surface area contributed by atoms with E-state index < -0.39 is 0 Å². The first kappa shape index (κ1) is 16.6. The number of ether oxygens (including phenoxy) is 1. The van der Waals surface area contributed by atoms with Gasteiger partial charge in [-0.25, -0.2) is 4.79 Å². The Morgan fingerprint density at radius 1 is 1.00 bits per heavy atom. The predicted octanol–water partition coefficient (Wildman–Crippen LogP) is 5.04. The summed E-state index contributed by atoms with van der Waals surface area (Å²) in [5.74, 6) is 1.36. The second-order valence-corrected chi connectivity index (χ2v) is 6.96. The molecule has 1 N–H and O–H groups in total. The smallest absolute Gasteiger partial charge is 0.407 e. The fourth-order valence-corrected chi connectivity index (χ4v) is 4.09. The quantitative estimate of drug-likeness (QED) is 0.697. The van der Waals surface area contributed by atoms with Crippen molar-refractivity contribution in [3.8, 4) is 0 Å². The van der Waals surface area contributed by atoms with Crippen LogP contribution in [0.3, 0.4) is 0 Å². The molecule has 0 aromatic carbocycles. The highest BCUT2D eigenvalue weighted by Crippen LogP contribution is 2.35. The summed E-state index contributed by atoms with van der Waals surface area (Å²) in [6.07, 6.45) is 15.1. The van der Waals surface area contributed by atoms with Crippen molar-refractivity contribution in [2.45, 2.75) is 90.0 Å². The maximum atomic E-state index is 12.1. The average molecular weight is 295 g/mol. The van der Waals surface area contributed by atoms with Crippen LogP contribution in [0.5, 0.6) is 0 Å². The molecule has 2 fully saturated rings. The zero-order valence-corrected chi connectivity index (χ0v) is 13.7. The first-order chi connectivity index (χ1) is 10.3. The Morgan fingerprint density at radius 3 is 2.00 bits per heavy atom. The van der Waals surface area contributed by atoms with Crippen LogP contribution in [-0.2, 0) is 4.74 Å². The Labute approximate surface area is 130 Å². The van der Waals surface area contributed by atoms with Gasteiger partial charge in [-0.3, -0.25) is 0 Å². The highest BCUT2D eigenvalue weighted by Gasteiger charge is 2.32. The first-order valence-corrected chi connectivity index (χ1v) is 9.24. The molecule has 0 saturated heterocycles. The van der Waals surface area contributed by atoms with Gasteiger partial charge in [0.05, 0.1) is 6.61 Å². The maximum Gasteiger partial charge on any atom is 0.407 e. The summed E-state index contributed by atoms with van der Waals surface area (Å²) in [4.78, 5) is 12.1. The third-order valence-electron chi connectivity index (χ3n) is 5.33. The summed E-state index contributed by atoms with van der Waals surface area (Å²) in [5.41, 5.74) is 0. The van der Waals surface area contributed by atoms with Gasteiger partial charge >= 0.3 is 6.09 Å². The lowest BCUT2D eigenvalue weighted by molar-refractivity contribution is 0.116. The SMILES string of the molecule is CCCCOC(=O)NC(C1CCCCC1)C1CCCCC1. The summed E-state index contributed by atoms with van der Waals surface area (Å²) in [7, 11) is 0. The van der Waals surface area contributed by atoms with E-state index in [9.17, 15) is 4.79 Å². The molecule has 0 aromatic rings. The van der Waals surface area contributed by atoms with Crippen LogP contribution in [-0.4, -0.2) is 18.7 Å². The molecular weight excluding hydrogens is 262 g/mol. The van der Waals surface area contributed by atoms with Crippen molar-refractivity contribution in [1.29, 1.82) is 0 Å². The molecule has 0 aromatic heterocycles. The Bertz CT molecular complexity index is 276. The number of carbonyl (C=O) groups excluding carboxylic acids is 1. The van der Waals surface area contributed by atoms with Gasteiger partial charge in [-0.05, 0) is 43.9 Å². The molecule has 0 spiro atoms. The number of hydrogen-bond acceptors (Lipinski definition) is 2. The molecule has 21 heavy (non-hydrogen) atoms. The Hall–Kier alpha value is -0.730. The molecule has 0 radical (unpaired) electrons. The minimum Gasteiger partial charge on any atom is -0.450 e. The van der Waals surface area contributed by atoms with E-state index in [1.54, 1.807) is 0 Å². The van der Waals surface area contributed by atoms with E-state index in [0.29, 0.717) is 24.5 Å². The molecule has 0 unspecified atom stereocenters. The Morgan fingerprint density at radius 2 is 1.52 bits per heavy atom. The Kier molecular flexibility index (Phi) is 7.38. The van der Waals surface area contributed by atoms with E-state index in [1.807, 2.05) is 0 Å². The van der Waals surface area contributed by atoms with Crippen LogP contribution in [0.2, 0.25) is 0 Å². The van der Waals surface area contributed by atoms with Gasteiger partial charge in [0.25, 0.3) is 0 Å². The molecule has 3 heteroatoms. The van der Waals surface area contributed by atoms with E-state index in [4.69, 9.17) is 4.74 Å². The van der Waals surface area contributed by atoms with Crippen LogP contribution in [0.4, 0.5) is 4.79 Å². The topological polar surface area (TPSA) is 38.3 Å². The number of nitrogens with one attached hydrogen (secondary N) is 1. The highest BCUT2D eigenvalue weighted by molar-refractivity contribution is 5.67. The van der Waals surface area contributed by atoms with Gasteiger partial charge in [0.1, 0.15) is 0 Å². The molecule has 2 saturated carbocycles. The van der Waals surface area contributed by atoms with Crippen LogP contribution >= 0.6 is 0 Å². The van der Waals surface area contributed by atoms with Crippen LogP contribution < -0.4 is 5.32 Å². The number of hydrogen-bond donors (Lipinski definition) is 1. The lowest BCUT2D eigenvalue weighted by Crippen LogP contribution is -2.46. The van der Waals surface area contributed by atoms with Gasteiger partial charge in [-0.1, -0.05) is 51.9 Å². The minimum absolute atomic E-state index is 0.176. The van der Waals surface area contributed by atoms with Crippen LogP contribution in [0.25, 0.3) is 0 Å². The zero-order chi connectivity index (χ0) is 14.9. The lowest BCUT2D eigenvalue weighted by Gasteiger charge is -2.38. The zero-order valence-electron chi connectivity index (χ0n) is 13.7. The summed E-state index contributed by atoms with van der Waals surface area (Å²) in [6, 6.07) is 0.361. The summed E-state index contributed by atoms with van der Waals surface area (Å²) in [5, 5.41) is 3.25. The van der Waals surface area contributed by atoms with Crippen molar-refractivity contribution in [3.05, 3.63) is 0 Å². The van der Waals surface area contributed by atoms with Gasteiger partial charge in [-0.2, -0.15) is 0 Å². The van der Waals surface area contributed by atoms with E-state index in [0.717, 1.165) is 12.8 Å². The molecule has 0 heterocycles. The van der Waals surface area contributed by atoms with Gasteiger partial charge in [-0.15, -0.1) is 0 Å². The monoisotopic (exact) mass is 295 g/mol. The molecule has 2 aliphatic rings. The van der Waals surface area contributed by atoms with Crippen LogP contribution in [0, 0.1) is 11.8 Å². The molecule has 0 aliphatic heterocycles.